The van der Waals surface area contributed by atoms with Gasteiger partial charge in [-0.05, 0) is 34.4 Å². The van der Waals surface area contributed by atoms with Crippen molar-refractivity contribution in [2.45, 2.75) is 19.4 Å². The third kappa shape index (κ3) is 5.60. The van der Waals surface area contributed by atoms with Crippen molar-refractivity contribution < 1.29 is 19.4 Å². The van der Waals surface area contributed by atoms with Gasteiger partial charge in [-0.2, -0.15) is 0 Å². The summed E-state index contributed by atoms with van der Waals surface area (Å²) in [4.78, 5) is 23.3. The standard InChI is InChI=1S/C26H22N4O4/c1-17(19-5-3-2-4-6-19)34-26(33)28-23-16-27-30-29-25(23)22-13-11-21(12-14-22)20-9-7-18(8-10-20)15-24(31)32/h2-14,16-17H,15H2,1H3,(H,31,32)(H,28,30,33). The molecule has 170 valence electrons. The molecule has 0 saturated carbocycles. The first-order chi connectivity index (χ1) is 16.5. The molecule has 3 aromatic carbocycles. The van der Waals surface area contributed by atoms with Crippen LogP contribution in [0.5, 0.6) is 0 Å². The van der Waals surface area contributed by atoms with Gasteiger partial charge in [0.05, 0.1) is 18.3 Å². The molecule has 4 aromatic rings. The number of nitrogens with one attached hydrogen (secondary N) is 1. The minimum Gasteiger partial charge on any atom is -0.481 e. The van der Waals surface area contributed by atoms with Crippen LogP contribution in [0.2, 0.25) is 0 Å². The number of benzene rings is 3. The molecule has 0 bridgehead atoms. The summed E-state index contributed by atoms with van der Waals surface area (Å²) in [6.45, 7) is 1.80. The van der Waals surface area contributed by atoms with Gasteiger partial charge in [0.25, 0.3) is 0 Å². The lowest BCUT2D eigenvalue weighted by atomic mass is 10.0. The second-order valence-electron chi connectivity index (χ2n) is 7.62. The molecule has 8 nitrogen and oxygen atoms in total. The largest absolute Gasteiger partial charge is 0.481 e. The number of carbonyl (C=O) groups excluding carboxylic acids is 1. The molecule has 0 saturated heterocycles. The first-order valence-corrected chi connectivity index (χ1v) is 10.6. The number of carboxylic acids is 1. The third-order valence-electron chi connectivity index (χ3n) is 5.23. The number of carbonyl (C=O) groups is 2. The predicted molar refractivity (Wildman–Crippen MR) is 127 cm³/mol. The van der Waals surface area contributed by atoms with Crippen molar-refractivity contribution in [3.05, 3.63) is 96.2 Å². The van der Waals surface area contributed by atoms with Crippen LogP contribution in [0.4, 0.5) is 10.5 Å². The van der Waals surface area contributed by atoms with Gasteiger partial charge in [0.2, 0.25) is 0 Å². The first-order valence-electron chi connectivity index (χ1n) is 10.6. The molecule has 1 unspecified atom stereocenters. The van der Waals surface area contributed by atoms with E-state index in [0.717, 1.165) is 27.8 Å². The van der Waals surface area contributed by atoms with Crippen LogP contribution in [0.15, 0.2) is 85.1 Å². The SMILES string of the molecule is CC(OC(=O)Nc1cnnnc1-c1ccc(-c2ccc(CC(=O)O)cc2)cc1)c1ccccc1. The van der Waals surface area contributed by atoms with Crippen LogP contribution in [0.3, 0.4) is 0 Å². The van der Waals surface area contributed by atoms with Crippen molar-refractivity contribution >= 4 is 17.7 Å². The Morgan fingerprint density at radius 2 is 1.53 bits per heavy atom. The van der Waals surface area contributed by atoms with Crippen LogP contribution in [0, 0.1) is 0 Å². The zero-order valence-corrected chi connectivity index (χ0v) is 18.4. The number of aromatic nitrogens is 3. The van der Waals surface area contributed by atoms with Crippen molar-refractivity contribution in [3.63, 3.8) is 0 Å². The highest BCUT2D eigenvalue weighted by molar-refractivity contribution is 5.90. The fourth-order valence-corrected chi connectivity index (χ4v) is 3.48. The molecule has 1 aromatic heterocycles. The number of anilines is 1. The number of nitrogens with zero attached hydrogens (tertiary/aromatic N) is 3. The Morgan fingerprint density at radius 1 is 0.912 bits per heavy atom. The smallest absolute Gasteiger partial charge is 0.412 e. The number of rotatable bonds is 7. The van der Waals surface area contributed by atoms with Crippen molar-refractivity contribution in [3.8, 4) is 22.4 Å². The van der Waals surface area contributed by atoms with Gasteiger partial charge in [-0.15, -0.1) is 10.2 Å². The molecule has 0 fully saturated rings. The summed E-state index contributed by atoms with van der Waals surface area (Å²) in [5.74, 6) is -0.863. The minimum atomic E-state index is -0.863. The van der Waals surface area contributed by atoms with Gasteiger partial charge in [0.1, 0.15) is 11.8 Å². The number of carboxylic acid groups (broad SMARTS) is 1. The highest BCUT2D eigenvalue weighted by Gasteiger charge is 2.15. The summed E-state index contributed by atoms with van der Waals surface area (Å²) < 4.78 is 5.48. The van der Waals surface area contributed by atoms with Crippen molar-refractivity contribution in [1.82, 2.24) is 15.4 Å². The molecule has 1 heterocycles. The Kier molecular flexibility index (Phi) is 6.88. The maximum Gasteiger partial charge on any atom is 0.412 e. The average molecular weight is 454 g/mol. The number of aliphatic carboxylic acids is 1. The Bertz CT molecular complexity index is 1280. The molecule has 0 aliphatic rings. The van der Waals surface area contributed by atoms with E-state index >= 15 is 0 Å². The minimum absolute atomic E-state index is 0.0116. The maximum atomic E-state index is 12.5. The van der Waals surface area contributed by atoms with E-state index in [-0.39, 0.29) is 6.42 Å². The zero-order valence-electron chi connectivity index (χ0n) is 18.4. The van der Waals surface area contributed by atoms with E-state index in [0.29, 0.717) is 11.4 Å². The van der Waals surface area contributed by atoms with E-state index in [2.05, 4.69) is 20.7 Å². The summed E-state index contributed by atoms with van der Waals surface area (Å²) in [5.41, 5.74) is 5.12. The summed E-state index contributed by atoms with van der Waals surface area (Å²) in [5, 5.41) is 23.2. The van der Waals surface area contributed by atoms with Crippen LogP contribution >= 0.6 is 0 Å². The van der Waals surface area contributed by atoms with Crippen LogP contribution < -0.4 is 5.32 Å². The number of amides is 1. The predicted octanol–water partition coefficient (Wildman–Crippen LogP) is 5.14. The molecule has 0 spiro atoms. The fourth-order valence-electron chi connectivity index (χ4n) is 3.48. The molecule has 0 aliphatic carbocycles. The topological polar surface area (TPSA) is 114 Å². The highest BCUT2D eigenvalue weighted by Crippen LogP contribution is 2.28. The molecule has 1 atom stereocenters. The van der Waals surface area contributed by atoms with E-state index in [9.17, 15) is 9.59 Å². The summed E-state index contributed by atoms with van der Waals surface area (Å²) in [6, 6.07) is 24.4. The summed E-state index contributed by atoms with van der Waals surface area (Å²) in [6.07, 6.45) is 0.368. The van der Waals surface area contributed by atoms with E-state index in [4.69, 9.17) is 9.84 Å². The monoisotopic (exact) mass is 454 g/mol. The Balaban J connectivity index is 1.48. The highest BCUT2D eigenvalue weighted by atomic mass is 16.6. The lowest BCUT2D eigenvalue weighted by Crippen LogP contribution is -2.17. The van der Waals surface area contributed by atoms with Gasteiger partial charge < -0.3 is 9.84 Å². The molecule has 8 heteroatoms. The van der Waals surface area contributed by atoms with Gasteiger partial charge in [-0.1, -0.05) is 78.9 Å². The summed E-state index contributed by atoms with van der Waals surface area (Å²) in [7, 11) is 0. The second kappa shape index (κ2) is 10.4. The molecule has 34 heavy (non-hydrogen) atoms. The maximum absolute atomic E-state index is 12.5. The Morgan fingerprint density at radius 3 is 2.18 bits per heavy atom. The van der Waals surface area contributed by atoms with E-state index in [1.165, 1.54) is 6.20 Å². The van der Waals surface area contributed by atoms with E-state index in [1.54, 1.807) is 19.1 Å². The van der Waals surface area contributed by atoms with Gasteiger partial charge in [0.15, 0.2) is 0 Å². The van der Waals surface area contributed by atoms with Gasteiger partial charge in [0, 0.05) is 5.56 Å². The molecule has 4 rings (SSSR count). The van der Waals surface area contributed by atoms with Gasteiger partial charge in [-0.25, -0.2) is 4.79 Å². The van der Waals surface area contributed by atoms with Crippen LogP contribution in [-0.2, 0) is 16.0 Å². The lowest BCUT2D eigenvalue weighted by Gasteiger charge is -2.15. The molecule has 1 amide bonds. The third-order valence-corrected chi connectivity index (χ3v) is 5.23. The lowest BCUT2D eigenvalue weighted by molar-refractivity contribution is -0.136. The molecular formula is C26H22N4O4. The fraction of sp³-hybridized carbons (Fsp3) is 0.115. The quantitative estimate of drug-likeness (QED) is 0.397. The van der Waals surface area contributed by atoms with Crippen molar-refractivity contribution in [2.75, 3.05) is 5.32 Å². The van der Waals surface area contributed by atoms with Crippen LogP contribution in [0.25, 0.3) is 22.4 Å². The molecular weight excluding hydrogens is 432 g/mol. The number of hydrogen-bond acceptors (Lipinski definition) is 6. The first kappa shape index (κ1) is 22.6. The van der Waals surface area contributed by atoms with Crippen molar-refractivity contribution in [2.24, 2.45) is 0 Å². The zero-order chi connectivity index (χ0) is 23.9. The molecule has 0 radical (unpaired) electrons. The normalized spacial score (nSPS) is 11.4. The average Bonchev–Trinajstić information content (AvgIpc) is 2.85. The second-order valence-corrected chi connectivity index (χ2v) is 7.62. The van der Waals surface area contributed by atoms with Gasteiger partial charge >= 0.3 is 12.1 Å². The molecule has 2 N–H and O–H groups in total. The number of hydrogen-bond donors (Lipinski definition) is 2. The Labute approximate surface area is 196 Å². The van der Waals surface area contributed by atoms with E-state index < -0.39 is 18.2 Å². The van der Waals surface area contributed by atoms with Crippen molar-refractivity contribution in [1.29, 1.82) is 0 Å². The van der Waals surface area contributed by atoms with Crippen LogP contribution in [-0.4, -0.2) is 32.6 Å². The Hall–Kier alpha value is -4.59. The van der Waals surface area contributed by atoms with Gasteiger partial charge in [-0.3, -0.25) is 10.1 Å². The summed E-state index contributed by atoms with van der Waals surface area (Å²) >= 11 is 0. The molecule has 0 aliphatic heterocycles. The van der Waals surface area contributed by atoms with Crippen LogP contribution in [0.1, 0.15) is 24.2 Å². The van der Waals surface area contributed by atoms with E-state index in [1.807, 2.05) is 66.7 Å². The number of ether oxygens (including phenoxy) is 1.